The maximum atomic E-state index is 13.2. The van der Waals surface area contributed by atoms with Crippen LogP contribution in [0.5, 0.6) is 0 Å². The fourth-order valence-corrected chi connectivity index (χ4v) is 4.66. The molecule has 1 aromatic heterocycles. The number of likely N-dealkylation sites (tertiary alicyclic amines) is 1. The van der Waals surface area contributed by atoms with Crippen LogP contribution in [0.15, 0.2) is 66.9 Å². The predicted molar refractivity (Wildman–Crippen MR) is 125 cm³/mol. The van der Waals surface area contributed by atoms with E-state index in [0.717, 1.165) is 16.9 Å². The van der Waals surface area contributed by atoms with Crippen LogP contribution in [0.4, 0.5) is 0 Å². The highest BCUT2D eigenvalue weighted by atomic mass is 16.5. The van der Waals surface area contributed by atoms with Gasteiger partial charge in [0.2, 0.25) is 5.91 Å². The van der Waals surface area contributed by atoms with Crippen LogP contribution in [0.3, 0.4) is 0 Å². The zero-order chi connectivity index (χ0) is 22.6. The lowest BCUT2D eigenvalue weighted by molar-refractivity contribution is -0.141. The van der Waals surface area contributed by atoms with Crippen molar-refractivity contribution in [1.29, 1.82) is 0 Å². The quantitative estimate of drug-likeness (QED) is 0.620. The Kier molecular flexibility index (Phi) is 6.21. The van der Waals surface area contributed by atoms with Crippen LogP contribution < -0.4 is 0 Å². The van der Waals surface area contributed by atoms with E-state index in [-0.39, 0.29) is 17.7 Å². The average Bonchev–Trinajstić information content (AvgIpc) is 3.39. The Labute approximate surface area is 193 Å². The summed E-state index contributed by atoms with van der Waals surface area (Å²) in [6.07, 6.45) is 3.19. The van der Waals surface area contributed by atoms with Gasteiger partial charge < -0.3 is 14.5 Å². The molecule has 7 heteroatoms. The fraction of sp³-hybridized carbons (Fsp3) is 0.346. The Balaban J connectivity index is 1.27. The molecule has 0 aliphatic carbocycles. The van der Waals surface area contributed by atoms with Crippen LogP contribution >= 0.6 is 0 Å². The average molecular weight is 445 g/mol. The second-order valence-electron chi connectivity index (χ2n) is 8.55. The highest BCUT2D eigenvalue weighted by Crippen LogP contribution is 2.25. The van der Waals surface area contributed by atoms with Crippen molar-refractivity contribution in [1.82, 2.24) is 19.6 Å². The molecular weight excluding hydrogens is 416 g/mol. The number of hydrogen-bond donors (Lipinski definition) is 0. The van der Waals surface area contributed by atoms with Crippen LogP contribution in [0.2, 0.25) is 0 Å². The molecule has 2 aliphatic rings. The number of carbonyl (C=O) groups excluding carboxylic acids is 2. The van der Waals surface area contributed by atoms with Gasteiger partial charge in [-0.25, -0.2) is 4.68 Å². The molecule has 2 aromatic carbocycles. The minimum absolute atomic E-state index is 0.00235. The van der Waals surface area contributed by atoms with E-state index in [4.69, 9.17) is 4.74 Å². The highest BCUT2D eigenvalue weighted by Gasteiger charge is 2.31. The predicted octanol–water partition coefficient (Wildman–Crippen LogP) is 3.25. The molecule has 0 bridgehead atoms. The molecule has 0 saturated carbocycles. The molecule has 2 amide bonds. The van der Waals surface area contributed by atoms with E-state index < -0.39 is 0 Å². The van der Waals surface area contributed by atoms with Gasteiger partial charge in [-0.1, -0.05) is 36.4 Å². The minimum Gasteiger partial charge on any atom is -0.378 e. The number of benzene rings is 2. The molecule has 5 rings (SSSR count). The molecule has 2 fully saturated rings. The molecule has 0 radical (unpaired) electrons. The van der Waals surface area contributed by atoms with Crippen molar-refractivity contribution in [2.24, 2.45) is 5.92 Å². The van der Waals surface area contributed by atoms with E-state index in [1.807, 2.05) is 75.1 Å². The summed E-state index contributed by atoms with van der Waals surface area (Å²) in [5.74, 6) is 0.207. The van der Waals surface area contributed by atoms with Gasteiger partial charge >= 0.3 is 0 Å². The van der Waals surface area contributed by atoms with Crippen LogP contribution in [0.25, 0.3) is 16.9 Å². The summed E-state index contributed by atoms with van der Waals surface area (Å²) in [6, 6.07) is 19.7. The van der Waals surface area contributed by atoms with Gasteiger partial charge in [0.25, 0.3) is 5.91 Å². The van der Waals surface area contributed by atoms with Crippen molar-refractivity contribution in [3.05, 3.63) is 72.4 Å². The first-order valence-corrected chi connectivity index (χ1v) is 11.6. The van der Waals surface area contributed by atoms with E-state index in [0.29, 0.717) is 57.8 Å². The zero-order valence-corrected chi connectivity index (χ0v) is 18.6. The van der Waals surface area contributed by atoms with Gasteiger partial charge in [-0.2, -0.15) is 5.10 Å². The molecule has 33 heavy (non-hydrogen) atoms. The van der Waals surface area contributed by atoms with Crippen molar-refractivity contribution < 1.29 is 14.3 Å². The number of ether oxygens (including phenoxy) is 1. The van der Waals surface area contributed by atoms with Gasteiger partial charge in [-0.3, -0.25) is 9.59 Å². The molecule has 170 valence electrons. The summed E-state index contributed by atoms with van der Waals surface area (Å²) in [4.78, 5) is 29.8. The van der Waals surface area contributed by atoms with Crippen LogP contribution in [-0.2, 0) is 9.53 Å². The lowest BCUT2D eigenvalue weighted by Crippen LogP contribution is -2.47. The lowest BCUT2D eigenvalue weighted by Gasteiger charge is -2.35. The molecule has 7 nitrogen and oxygen atoms in total. The zero-order valence-electron chi connectivity index (χ0n) is 18.6. The van der Waals surface area contributed by atoms with E-state index in [1.54, 1.807) is 6.20 Å². The maximum Gasteiger partial charge on any atom is 0.253 e. The summed E-state index contributed by atoms with van der Waals surface area (Å²) in [5.41, 5.74) is 3.53. The standard InChI is InChI=1S/C26H28N4O3/c31-25(29-15-17-33-18-16-29)21-10-13-28(14-11-21)26(32)22-7-4-8-23(19-22)30-24(9-12-27-30)20-5-2-1-3-6-20/h1-9,12,19,21H,10-11,13-18H2. The van der Waals surface area contributed by atoms with Gasteiger partial charge in [0.15, 0.2) is 0 Å². The second-order valence-corrected chi connectivity index (χ2v) is 8.55. The molecule has 0 atom stereocenters. The number of nitrogens with zero attached hydrogens (tertiary/aromatic N) is 4. The van der Waals surface area contributed by atoms with Crippen LogP contribution in [0.1, 0.15) is 23.2 Å². The van der Waals surface area contributed by atoms with E-state index in [1.165, 1.54) is 0 Å². The van der Waals surface area contributed by atoms with Gasteiger partial charge in [-0.05, 0) is 37.1 Å². The Morgan fingerprint density at radius 1 is 0.848 bits per heavy atom. The second kappa shape index (κ2) is 9.58. The van der Waals surface area contributed by atoms with E-state index >= 15 is 0 Å². The van der Waals surface area contributed by atoms with Crippen LogP contribution in [-0.4, -0.2) is 70.8 Å². The first-order valence-electron chi connectivity index (χ1n) is 11.6. The van der Waals surface area contributed by atoms with Crippen LogP contribution in [0, 0.1) is 5.92 Å². The number of hydrogen-bond acceptors (Lipinski definition) is 4. The van der Waals surface area contributed by atoms with Gasteiger partial charge in [0.1, 0.15) is 0 Å². The first kappa shape index (κ1) is 21.4. The van der Waals surface area contributed by atoms with Gasteiger partial charge in [-0.15, -0.1) is 0 Å². The van der Waals surface area contributed by atoms with Crippen molar-refractivity contribution in [2.45, 2.75) is 12.8 Å². The van der Waals surface area contributed by atoms with E-state index in [9.17, 15) is 9.59 Å². The third-order valence-corrected chi connectivity index (χ3v) is 6.50. The molecule has 3 heterocycles. The Hall–Kier alpha value is -3.45. The molecule has 0 spiro atoms. The normalized spacial score (nSPS) is 17.2. The number of amides is 2. The number of carbonyl (C=O) groups is 2. The molecular formula is C26H28N4O3. The number of aromatic nitrogens is 2. The molecule has 0 N–H and O–H groups in total. The fourth-order valence-electron chi connectivity index (χ4n) is 4.66. The number of morpholine rings is 1. The lowest BCUT2D eigenvalue weighted by atomic mass is 9.94. The van der Waals surface area contributed by atoms with Gasteiger partial charge in [0, 0.05) is 43.2 Å². The molecule has 2 aliphatic heterocycles. The Morgan fingerprint density at radius 2 is 1.61 bits per heavy atom. The Bertz CT molecular complexity index is 1110. The number of piperidine rings is 1. The minimum atomic E-state index is -0.00371. The summed E-state index contributed by atoms with van der Waals surface area (Å²) >= 11 is 0. The number of rotatable bonds is 4. The first-order chi connectivity index (χ1) is 16.2. The SMILES string of the molecule is O=C(c1cccc(-n2nccc2-c2ccccc2)c1)N1CCC(C(=O)N2CCOCC2)CC1. The van der Waals surface area contributed by atoms with Gasteiger partial charge in [0.05, 0.1) is 30.8 Å². The summed E-state index contributed by atoms with van der Waals surface area (Å²) in [7, 11) is 0. The summed E-state index contributed by atoms with van der Waals surface area (Å²) in [5, 5.41) is 4.49. The monoisotopic (exact) mass is 444 g/mol. The summed E-state index contributed by atoms with van der Waals surface area (Å²) < 4.78 is 7.21. The van der Waals surface area contributed by atoms with Crippen molar-refractivity contribution >= 4 is 11.8 Å². The molecule has 0 unspecified atom stereocenters. The van der Waals surface area contributed by atoms with Crippen molar-refractivity contribution in [2.75, 3.05) is 39.4 Å². The van der Waals surface area contributed by atoms with E-state index in [2.05, 4.69) is 5.10 Å². The largest absolute Gasteiger partial charge is 0.378 e. The third kappa shape index (κ3) is 4.54. The van der Waals surface area contributed by atoms with Crippen molar-refractivity contribution in [3.8, 4) is 16.9 Å². The molecule has 2 saturated heterocycles. The maximum absolute atomic E-state index is 13.2. The summed E-state index contributed by atoms with van der Waals surface area (Å²) in [6.45, 7) is 3.76. The molecule has 3 aromatic rings. The smallest absolute Gasteiger partial charge is 0.253 e. The third-order valence-electron chi connectivity index (χ3n) is 6.50. The Morgan fingerprint density at radius 3 is 2.36 bits per heavy atom. The topological polar surface area (TPSA) is 67.7 Å². The highest BCUT2D eigenvalue weighted by molar-refractivity contribution is 5.95. The van der Waals surface area contributed by atoms with Crippen molar-refractivity contribution in [3.63, 3.8) is 0 Å².